The zero-order valence-electron chi connectivity index (χ0n) is 23.1. The Kier molecular flexibility index (Phi) is 14.5. The summed E-state index contributed by atoms with van der Waals surface area (Å²) >= 11 is 0. The lowest BCUT2D eigenvalue weighted by Crippen LogP contribution is -2.59. The van der Waals surface area contributed by atoms with Gasteiger partial charge in [0.1, 0.15) is 30.2 Å². The molecule has 0 saturated carbocycles. The summed E-state index contributed by atoms with van der Waals surface area (Å²) in [6.45, 7) is 8.49. The first-order chi connectivity index (χ1) is 19.3. The van der Waals surface area contributed by atoms with Crippen molar-refractivity contribution < 1.29 is 38.3 Å². The van der Waals surface area contributed by atoms with Crippen LogP contribution in [-0.2, 0) is 38.3 Å². The van der Waals surface area contributed by atoms with Crippen LogP contribution in [-0.4, -0.2) is 84.8 Å². The summed E-state index contributed by atoms with van der Waals surface area (Å²) < 4.78 is 4.69. The molecule has 0 aromatic heterocycles. The molecule has 0 aliphatic carbocycles. The highest BCUT2D eigenvalue weighted by Gasteiger charge is 2.32. The predicted octanol–water partition coefficient (Wildman–Crippen LogP) is -2.69. The molecule has 0 radical (unpaired) electrons. The molecule has 15 heteroatoms. The number of nitrogens with two attached hydrogens (primary N) is 2. The molecule has 41 heavy (non-hydrogen) atoms. The number of nitrogens with one attached hydrogen (secondary N) is 5. The summed E-state index contributed by atoms with van der Waals surface area (Å²) in [5.74, 6) is -5.34. The first kappa shape index (κ1) is 34.5. The molecule has 9 N–H and O–H groups in total. The average Bonchev–Trinajstić information content (AvgIpc) is 2.93. The summed E-state index contributed by atoms with van der Waals surface area (Å²) in [5, 5.41) is 12.3. The van der Waals surface area contributed by atoms with Gasteiger partial charge in [0.2, 0.25) is 35.4 Å². The molecule has 1 heterocycles. The van der Waals surface area contributed by atoms with Gasteiger partial charge in [0.05, 0.1) is 19.6 Å². The van der Waals surface area contributed by atoms with Gasteiger partial charge in [-0.25, -0.2) is 4.79 Å². The fourth-order valence-corrected chi connectivity index (χ4v) is 3.65. The smallest absolute Gasteiger partial charge is 0.328 e. The van der Waals surface area contributed by atoms with E-state index < -0.39 is 84.1 Å². The largest absolute Gasteiger partial charge is 0.467 e. The number of rotatable bonds is 13. The van der Waals surface area contributed by atoms with Crippen molar-refractivity contribution >= 4 is 41.4 Å². The molecule has 0 spiro atoms. The van der Waals surface area contributed by atoms with Gasteiger partial charge in [-0.15, -0.1) is 13.2 Å². The van der Waals surface area contributed by atoms with Crippen LogP contribution in [0.25, 0.3) is 0 Å². The molecule has 0 aromatic carbocycles. The lowest BCUT2D eigenvalue weighted by atomic mass is 10.1. The van der Waals surface area contributed by atoms with Gasteiger partial charge < -0.3 is 42.8 Å². The molecule has 1 unspecified atom stereocenters. The maximum Gasteiger partial charge on any atom is 0.328 e. The van der Waals surface area contributed by atoms with Crippen LogP contribution in [0.15, 0.2) is 37.5 Å². The molecule has 6 amide bonds. The van der Waals surface area contributed by atoms with E-state index in [1.807, 2.05) is 0 Å². The van der Waals surface area contributed by atoms with E-state index in [-0.39, 0.29) is 25.7 Å². The van der Waals surface area contributed by atoms with E-state index in [9.17, 15) is 33.6 Å². The molecule has 226 valence electrons. The highest BCUT2D eigenvalue weighted by Crippen LogP contribution is 2.07. The van der Waals surface area contributed by atoms with Crippen molar-refractivity contribution in [2.45, 2.75) is 75.3 Å². The molecule has 0 bridgehead atoms. The number of primary amides is 1. The van der Waals surface area contributed by atoms with Crippen LogP contribution in [0.5, 0.6) is 0 Å². The van der Waals surface area contributed by atoms with Crippen molar-refractivity contribution in [1.82, 2.24) is 26.6 Å². The van der Waals surface area contributed by atoms with E-state index in [1.165, 1.54) is 31.2 Å². The fourth-order valence-electron chi connectivity index (χ4n) is 3.65. The van der Waals surface area contributed by atoms with Crippen LogP contribution >= 0.6 is 0 Å². The number of carbonyl (C=O) groups is 7. The van der Waals surface area contributed by atoms with E-state index >= 15 is 0 Å². The summed E-state index contributed by atoms with van der Waals surface area (Å²) in [5.41, 5.74) is 10.9. The van der Waals surface area contributed by atoms with Crippen LogP contribution in [0.4, 0.5) is 0 Å². The maximum atomic E-state index is 13.1. The maximum absolute atomic E-state index is 13.1. The second kappa shape index (κ2) is 17.2. The van der Waals surface area contributed by atoms with Gasteiger partial charge in [-0.1, -0.05) is 24.3 Å². The summed E-state index contributed by atoms with van der Waals surface area (Å²) in [6.07, 6.45) is 5.43. The van der Waals surface area contributed by atoms with Crippen molar-refractivity contribution in [3.8, 4) is 0 Å². The van der Waals surface area contributed by atoms with E-state index in [2.05, 4.69) is 39.7 Å². The highest BCUT2D eigenvalue weighted by atomic mass is 16.5. The summed E-state index contributed by atoms with van der Waals surface area (Å²) in [6, 6.07) is -6.90. The normalized spacial score (nSPS) is 22.1. The molecule has 0 fully saturated rings. The van der Waals surface area contributed by atoms with Crippen LogP contribution in [0.1, 0.15) is 39.0 Å². The Bertz CT molecular complexity index is 1060. The van der Waals surface area contributed by atoms with Gasteiger partial charge in [-0.2, -0.15) is 0 Å². The lowest BCUT2D eigenvalue weighted by Gasteiger charge is -2.25. The number of hydrogen-bond donors (Lipinski definition) is 7. The molecule has 0 aromatic rings. The number of hydrogen-bond acceptors (Lipinski definition) is 9. The molecule has 1 rings (SSSR count). The Morgan fingerprint density at radius 1 is 1.00 bits per heavy atom. The van der Waals surface area contributed by atoms with Gasteiger partial charge in [0.25, 0.3) is 0 Å². The molecule has 15 nitrogen and oxygen atoms in total. The van der Waals surface area contributed by atoms with E-state index in [0.717, 1.165) is 7.11 Å². The third-order valence-corrected chi connectivity index (χ3v) is 5.93. The molecule has 1 aliphatic rings. The minimum atomic E-state index is -1.44. The van der Waals surface area contributed by atoms with Crippen LogP contribution in [0, 0.1) is 0 Å². The van der Waals surface area contributed by atoms with Gasteiger partial charge in [-0.3, -0.25) is 28.8 Å². The molecule has 0 saturated heterocycles. The standard InChI is InChI=1S/C26H39N7O8/c1-5-9-15(27)22(36)29-14(3)21(35)30-16(10-6-2)23(37)31-17-11-7-8-12-18(26(40)41-4)32-25(39)19(13-20(28)34)33-24(17)38/h5-8,14-19H,1-2,9-13,27H2,3-4H3,(H2,28,34)(H,29,36)(H,30,35)(H,31,37)(H,32,39)(H,33,38)/b8-7+/t14-,15-,16-,17-,18?,19-/m0/s1. The van der Waals surface area contributed by atoms with Crippen LogP contribution in [0.2, 0.25) is 0 Å². The first-order valence-corrected chi connectivity index (χ1v) is 12.8. The molecule has 1 aliphatic heterocycles. The van der Waals surface area contributed by atoms with E-state index in [0.29, 0.717) is 0 Å². The lowest BCUT2D eigenvalue weighted by molar-refractivity contribution is -0.145. The Labute approximate surface area is 237 Å². The van der Waals surface area contributed by atoms with Gasteiger partial charge >= 0.3 is 5.97 Å². The molecule has 6 atom stereocenters. The number of methoxy groups -OCH3 is 1. The van der Waals surface area contributed by atoms with E-state index in [1.54, 1.807) is 0 Å². The van der Waals surface area contributed by atoms with Crippen molar-refractivity contribution in [2.24, 2.45) is 11.5 Å². The third-order valence-electron chi connectivity index (χ3n) is 5.93. The van der Waals surface area contributed by atoms with Gasteiger partial charge in [0.15, 0.2) is 0 Å². The Morgan fingerprint density at radius 2 is 1.63 bits per heavy atom. The van der Waals surface area contributed by atoms with Gasteiger partial charge in [0, 0.05) is 0 Å². The SMILES string of the molecule is C=CC[C@H](NC(=O)[C@H](C)NC(=O)[C@@H](N)CC=C)C(=O)N[C@H]1C/C=C/CC(C(=O)OC)NC(=O)[C@H](CC(N)=O)NC1=O. The van der Waals surface area contributed by atoms with Crippen molar-refractivity contribution in [3.05, 3.63) is 37.5 Å². The van der Waals surface area contributed by atoms with Crippen LogP contribution in [0.3, 0.4) is 0 Å². The van der Waals surface area contributed by atoms with Crippen molar-refractivity contribution in [2.75, 3.05) is 7.11 Å². The average molecular weight is 578 g/mol. The monoisotopic (exact) mass is 577 g/mol. The Morgan fingerprint density at radius 3 is 2.22 bits per heavy atom. The van der Waals surface area contributed by atoms with Crippen molar-refractivity contribution in [3.63, 3.8) is 0 Å². The highest BCUT2D eigenvalue weighted by molar-refractivity contribution is 5.97. The minimum Gasteiger partial charge on any atom is -0.467 e. The number of carbonyl (C=O) groups excluding carboxylic acids is 7. The Hall–Kier alpha value is -4.53. The first-order valence-electron chi connectivity index (χ1n) is 12.8. The predicted molar refractivity (Wildman–Crippen MR) is 147 cm³/mol. The third kappa shape index (κ3) is 11.6. The topological polar surface area (TPSA) is 241 Å². The Balaban J connectivity index is 3.09. The minimum absolute atomic E-state index is 0.00573. The zero-order chi connectivity index (χ0) is 31.1. The second-order valence-corrected chi connectivity index (χ2v) is 9.27. The van der Waals surface area contributed by atoms with E-state index in [4.69, 9.17) is 16.2 Å². The fraction of sp³-hybridized carbons (Fsp3) is 0.500. The van der Waals surface area contributed by atoms with Crippen LogP contribution < -0.4 is 38.1 Å². The van der Waals surface area contributed by atoms with Gasteiger partial charge in [-0.05, 0) is 32.6 Å². The number of esters is 1. The summed E-state index contributed by atoms with van der Waals surface area (Å²) in [4.78, 5) is 87.4. The quantitative estimate of drug-likeness (QED) is 0.0889. The summed E-state index contributed by atoms with van der Waals surface area (Å²) in [7, 11) is 1.14. The number of ether oxygens (including phenoxy) is 1. The zero-order valence-corrected chi connectivity index (χ0v) is 23.1. The molecular weight excluding hydrogens is 538 g/mol. The number of amides is 6. The molecular formula is C26H39N7O8. The van der Waals surface area contributed by atoms with Crippen molar-refractivity contribution in [1.29, 1.82) is 0 Å². The second-order valence-electron chi connectivity index (χ2n) is 9.27.